The Labute approximate surface area is 350 Å². The number of hydrogen-bond acceptors (Lipinski definition) is 1. The summed E-state index contributed by atoms with van der Waals surface area (Å²) in [6.07, 6.45) is 13.4. The fourth-order valence-electron chi connectivity index (χ4n) is 12.6. The van der Waals surface area contributed by atoms with Crippen LogP contribution in [0.3, 0.4) is 0 Å². The first-order valence-corrected chi connectivity index (χ1v) is 22.6. The van der Waals surface area contributed by atoms with Crippen molar-refractivity contribution >= 4 is 17.1 Å². The van der Waals surface area contributed by atoms with Gasteiger partial charge < -0.3 is 4.90 Å². The van der Waals surface area contributed by atoms with Crippen molar-refractivity contribution in [1.82, 2.24) is 0 Å². The van der Waals surface area contributed by atoms with Gasteiger partial charge >= 0.3 is 0 Å². The van der Waals surface area contributed by atoms with E-state index < -0.39 is 5.41 Å². The Bertz CT molecular complexity index is 2760. The van der Waals surface area contributed by atoms with Gasteiger partial charge in [0, 0.05) is 22.5 Å². The van der Waals surface area contributed by atoms with E-state index in [1.54, 1.807) is 5.56 Å². The van der Waals surface area contributed by atoms with Gasteiger partial charge in [-0.05, 0) is 152 Å². The molecule has 12 rings (SSSR count). The lowest BCUT2D eigenvalue weighted by molar-refractivity contribution is 0.443. The maximum atomic E-state index is 2.64. The molecule has 290 valence electrons. The van der Waals surface area contributed by atoms with Gasteiger partial charge in [-0.15, -0.1) is 0 Å². The van der Waals surface area contributed by atoms with Crippen molar-refractivity contribution in [3.05, 3.63) is 196 Å². The van der Waals surface area contributed by atoms with Crippen LogP contribution < -0.4 is 4.90 Å². The van der Waals surface area contributed by atoms with E-state index in [4.69, 9.17) is 0 Å². The highest BCUT2D eigenvalue weighted by atomic mass is 15.1. The molecule has 2 saturated carbocycles. The molecule has 2 fully saturated rings. The van der Waals surface area contributed by atoms with E-state index in [1.165, 1.54) is 154 Å². The van der Waals surface area contributed by atoms with Crippen molar-refractivity contribution in [2.75, 3.05) is 4.90 Å². The molecule has 0 heterocycles. The van der Waals surface area contributed by atoms with E-state index in [9.17, 15) is 0 Å². The zero-order valence-electron chi connectivity index (χ0n) is 34.6. The van der Waals surface area contributed by atoms with Gasteiger partial charge in [0.05, 0.1) is 5.41 Å². The molecular formula is C58H53N. The fourth-order valence-corrected chi connectivity index (χ4v) is 12.6. The van der Waals surface area contributed by atoms with Crippen molar-refractivity contribution < 1.29 is 0 Å². The quantitative estimate of drug-likeness (QED) is 0.169. The van der Waals surface area contributed by atoms with Crippen LogP contribution in [-0.2, 0) is 10.8 Å². The lowest BCUT2D eigenvalue weighted by Crippen LogP contribution is -2.26. The smallest absolute Gasteiger partial charge is 0.0726 e. The van der Waals surface area contributed by atoms with E-state index in [0.717, 1.165) is 0 Å². The molecule has 0 aromatic heterocycles. The second kappa shape index (κ2) is 13.4. The van der Waals surface area contributed by atoms with Gasteiger partial charge in [0.25, 0.3) is 0 Å². The van der Waals surface area contributed by atoms with Crippen LogP contribution in [0.2, 0.25) is 0 Å². The summed E-state index contributed by atoms with van der Waals surface area (Å²) in [6.45, 7) is 4.90. The summed E-state index contributed by atoms with van der Waals surface area (Å²) < 4.78 is 0. The number of anilines is 3. The number of hydrogen-bond donors (Lipinski definition) is 0. The summed E-state index contributed by atoms with van der Waals surface area (Å²) in [5.74, 6) is 1.34. The molecule has 1 heteroatoms. The lowest BCUT2D eigenvalue weighted by Gasteiger charge is -2.33. The predicted molar refractivity (Wildman–Crippen MR) is 247 cm³/mol. The van der Waals surface area contributed by atoms with Gasteiger partial charge in [0.1, 0.15) is 0 Å². The highest BCUT2D eigenvalue weighted by Crippen LogP contribution is 2.64. The van der Waals surface area contributed by atoms with Gasteiger partial charge in [-0.25, -0.2) is 0 Å². The summed E-state index contributed by atoms with van der Waals surface area (Å²) in [4.78, 5) is 2.52. The minimum absolute atomic E-state index is 0.0926. The summed E-state index contributed by atoms with van der Waals surface area (Å²) >= 11 is 0. The van der Waals surface area contributed by atoms with Crippen molar-refractivity contribution in [2.45, 2.75) is 101 Å². The summed E-state index contributed by atoms with van der Waals surface area (Å²) in [7, 11) is 0. The molecule has 1 spiro atoms. The summed E-state index contributed by atoms with van der Waals surface area (Å²) in [5, 5.41) is 0. The second-order valence-electron chi connectivity index (χ2n) is 18.9. The average Bonchev–Trinajstić information content (AvgIpc) is 3.85. The number of nitrogens with zero attached hydrogens (tertiary/aromatic N) is 1. The highest BCUT2D eigenvalue weighted by Gasteiger charge is 2.52. The van der Waals surface area contributed by atoms with E-state index in [0.29, 0.717) is 11.8 Å². The third-order valence-electron chi connectivity index (χ3n) is 15.5. The largest absolute Gasteiger partial charge is 0.310 e. The SMILES string of the molecule is CC1(C)c2cc(C3CCCCC3)ccc2-c2ccc(N(c3ccccc3)c3ccc4c(c3)C3(c5ccccc5-c5ccc(C6CCCCC6)cc53)c3ccccc3-4)cc21. The summed E-state index contributed by atoms with van der Waals surface area (Å²) in [6, 6.07) is 59.3. The number of benzene rings is 7. The molecule has 1 nitrogen and oxygen atoms in total. The van der Waals surface area contributed by atoms with Gasteiger partial charge in [-0.3, -0.25) is 0 Å². The Morgan fingerprint density at radius 1 is 0.356 bits per heavy atom. The topological polar surface area (TPSA) is 3.24 Å². The van der Waals surface area contributed by atoms with Crippen molar-refractivity contribution in [1.29, 1.82) is 0 Å². The van der Waals surface area contributed by atoms with Crippen LogP contribution in [0.15, 0.2) is 152 Å². The minimum atomic E-state index is -0.390. The van der Waals surface area contributed by atoms with Gasteiger partial charge in [0.2, 0.25) is 0 Å². The number of para-hydroxylation sites is 1. The normalized spacial score (nSPS) is 19.8. The lowest BCUT2D eigenvalue weighted by atomic mass is 9.69. The first kappa shape index (κ1) is 35.3. The molecule has 7 aromatic rings. The van der Waals surface area contributed by atoms with Crippen LogP contribution in [0, 0.1) is 0 Å². The van der Waals surface area contributed by atoms with Crippen LogP contribution >= 0.6 is 0 Å². The van der Waals surface area contributed by atoms with Crippen LogP contribution in [0.25, 0.3) is 33.4 Å². The van der Waals surface area contributed by atoms with Crippen molar-refractivity contribution in [2.24, 2.45) is 0 Å². The standard InChI is InChI=1S/C58H53N/c1-57(2)53-34-40(38-16-6-3-7-17-38)26-30-47(53)48-32-28-43(36-54(48)57)59(42-20-10-5-11-21-42)44-29-33-50-46-23-13-15-25-52(46)58(56(50)37-44)51-24-14-12-22-45(51)49-31-27-41(35-55(49)58)39-18-8-4-9-19-39/h5,10-15,20-39H,3-4,6-9,16-19H2,1-2H3. The molecule has 1 unspecified atom stereocenters. The molecule has 1 atom stereocenters. The van der Waals surface area contributed by atoms with Gasteiger partial charge in [-0.1, -0.05) is 168 Å². The Morgan fingerprint density at radius 3 is 1.32 bits per heavy atom. The Hall–Kier alpha value is -5.66. The van der Waals surface area contributed by atoms with Gasteiger partial charge in [-0.2, -0.15) is 0 Å². The molecule has 5 aliphatic carbocycles. The predicted octanol–water partition coefficient (Wildman–Crippen LogP) is 15.9. The fraction of sp³-hybridized carbons (Fsp3) is 0.276. The highest BCUT2D eigenvalue weighted by molar-refractivity contribution is 5.96. The van der Waals surface area contributed by atoms with E-state index in [2.05, 4.69) is 170 Å². The van der Waals surface area contributed by atoms with Gasteiger partial charge in [0.15, 0.2) is 0 Å². The van der Waals surface area contributed by atoms with Crippen LogP contribution in [0.5, 0.6) is 0 Å². The summed E-state index contributed by atoms with van der Waals surface area (Å²) in [5.41, 5.74) is 23.0. The monoisotopic (exact) mass is 763 g/mol. The molecule has 0 radical (unpaired) electrons. The Morgan fingerprint density at radius 2 is 0.763 bits per heavy atom. The third kappa shape index (κ3) is 5.16. The maximum Gasteiger partial charge on any atom is 0.0726 e. The van der Waals surface area contributed by atoms with Crippen LogP contribution in [-0.4, -0.2) is 0 Å². The number of fused-ring (bicyclic) bond motifs is 13. The van der Waals surface area contributed by atoms with Crippen LogP contribution in [0.4, 0.5) is 17.1 Å². The zero-order valence-corrected chi connectivity index (χ0v) is 34.6. The molecule has 5 aliphatic rings. The molecule has 7 aromatic carbocycles. The zero-order chi connectivity index (χ0) is 39.3. The van der Waals surface area contributed by atoms with E-state index in [1.807, 2.05) is 0 Å². The molecular weight excluding hydrogens is 711 g/mol. The first-order chi connectivity index (χ1) is 29.0. The van der Waals surface area contributed by atoms with Crippen molar-refractivity contribution in [3.63, 3.8) is 0 Å². The third-order valence-corrected chi connectivity index (χ3v) is 15.5. The molecule has 0 saturated heterocycles. The van der Waals surface area contributed by atoms with E-state index >= 15 is 0 Å². The minimum Gasteiger partial charge on any atom is -0.310 e. The first-order valence-electron chi connectivity index (χ1n) is 22.6. The average molecular weight is 764 g/mol. The molecule has 0 N–H and O–H groups in total. The second-order valence-corrected chi connectivity index (χ2v) is 18.9. The molecule has 0 bridgehead atoms. The van der Waals surface area contributed by atoms with E-state index in [-0.39, 0.29) is 5.41 Å². The van der Waals surface area contributed by atoms with Crippen molar-refractivity contribution in [3.8, 4) is 33.4 Å². The maximum absolute atomic E-state index is 2.64. The number of rotatable bonds is 5. The molecule has 59 heavy (non-hydrogen) atoms. The Balaban J connectivity index is 1.04. The molecule has 0 amide bonds. The van der Waals surface area contributed by atoms with Crippen LogP contribution in [0.1, 0.15) is 134 Å². The molecule has 0 aliphatic heterocycles. The Kier molecular flexibility index (Phi) is 8.04.